The number of hydrogen-bond acceptors (Lipinski definition) is 3. The molecule has 0 fully saturated rings. The molecule has 0 amide bonds. The second kappa shape index (κ2) is 7.54. The molecule has 102 valence electrons. The van der Waals surface area contributed by atoms with Crippen LogP contribution in [-0.4, -0.2) is 29.4 Å². The summed E-state index contributed by atoms with van der Waals surface area (Å²) in [6, 6.07) is 8.34. The van der Waals surface area contributed by atoms with E-state index in [2.05, 4.69) is 18.3 Å². The van der Waals surface area contributed by atoms with Crippen LogP contribution in [0.4, 0.5) is 0 Å². The summed E-state index contributed by atoms with van der Waals surface area (Å²) in [4.78, 5) is 0. The maximum Gasteiger partial charge on any atom is 0.119 e. The standard InChI is InChI=1S/C14H23NO2S/c1-11(18(4)16)8-9-15-12(2)13-6-5-7-14(10-13)17-3/h5-7,10-12,15H,8-9H2,1-4H3. The first kappa shape index (κ1) is 15.2. The fourth-order valence-electron chi connectivity index (χ4n) is 1.70. The van der Waals surface area contributed by atoms with Crippen molar-refractivity contribution in [2.75, 3.05) is 19.9 Å². The zero-order chi connectivity index (χ0) is 13.5. The third-order valence-electron chi connectivity index (χ3n) is 3.16. The molecule has 0 aliphatic rings. The van der Waals surface area contributed by atoms with Gasteiger partial charge in [-0.1, -0.05) is 19.1 Å². The summed E-state index contributed by atoms with van der Waals surface area (Å²) >= 11 is 0. The first-order valence-electron chi connectivity index (χ1n) is 6.24. The highest BCUT2D eigenvalue weighted by Crippen LogP contribution is 2.18. The van der Waals surface area contributed by atoms with Gasteiger partial charge in [0.25, 0.3) is 0 Å². The smallest absolute Gasteiger partial charge is 0.119 e. The monoisotopic (exact) mass is 269 g/mol. The molecule has 0 bridgehead atoms. The quantitative estimate of drug-likeness (QED) is 0.826. The van der Waals surface area contributed by atoms with Crippen LogP contribution < -0.4 is 10.1 Å². The predicted molar refractivity (Wildman–Crippen MR) is 77.6 cm³/mol. The minimum Gasteiger partial charge on any atom is -0.497 e. The van der Waals surface area contributed by atoms with Gasteiger partial charge in [-0.15, -0.1) is 0 Å². The van der Waals surface area contributed by atoms with Crippen LogP contribution in [-0.2, 0) is 10.8 Å². The van der Waals surface area contributed by atoms with E-state index < -0.39 is 10.8 Å². The van der Waals surface area contributed by atoms with E-state index >= 15 is 0 Å². The number of nitrogens with one attached hydrogen (secondary N) is 1. The van der Waals surface area contributed by atoms with Gasteiger partial charge in [-0.2, -0.15) is 0 Å². The van der Waals surface area contributed by atoms with E-state index in [0.29, 0.717) is 0 Å². The Labute approximate surface area is 112 Å². The Bertz CT molecular complexity index is 395. The van der Waals surface area contributed by atoms with E-state index in [1.165, 1.54) is 5.56 Å². The minimum absolute atomic E-state index is 0.245. The van der Waals surface area contributed by atoms with E-state index in [9.17, 15) is 4.21 Å². The highest BCUT2D eigenvalue weighted by molar-refractivity contribution is 7.84. The van der Waals surface area contributed by atoms with Crippen LogP contribution in [0.15, 0.2) is 24.3 Å². The molecule has 0 spiro atoms. The lowest BCUT2D eigenvalue weighted by atomic mass is 10.1. The molecule has 18 heavy (non-hydrogen) atoms. The summed E-state index contributed by atoms with van der Waals surface area (Å²) in [6.45, 7) is 5.02. The number of rotatable bonds is 7. The third-order valence-corrected chi connectivity index (χ3v) is 4.53. The summed E-state index contributed by atoms with van der Waals surface area (Å²) in [7, 11) is 0.941. The molecular formula is C14H23NO2S. The Morgan fingerprint density at radius 1 is 1.39 bits per heavy atom. The lowest BCUT2D eigenvalue weighted by Crippen LogP contribution is -2.24. The fourth-order valence-corrected chi connectivity index (χ4v) is 2.15. The van der Waals surface area contributed by atoms with Gasteiger partial charge >= 0.3 is 0 Å². The second-order valence-corrected chi connectivity index (χ2v) is 6.35. The molecular weight excluding hydrogens is 246 g/mol. The van der Waals surface area contributed by atoms with Gasteiger partial charge < -0.3 is 10.1 Å². The molecule has 1 aromatic rings. The van der Waals surface area contributed by atoms with Crippen LogP contribution in [0.25, 0.3) is 0 Å². The maximum absolute atomic E-state index is 11.2. The average molecular weight is 269 g/mol. The topological polar surface area (TPSA) is 38.3 Å². The fraction of sp³-hybridized carbons (Fsp3) is 0.571. The van der Waals surface area contributed by atoms with Gasteiger partial charge in [0, 0.05) is 28.3 Å². The Morgan fingerprint density at radius 2 is 2.11 bits per heavy atom. The normalized spacial score (nSPS) is 16.0. The molecule has 3 nitrogen and oxygen atoms in total. The number of benzene rings is 1. The highest BCUT2D eigenvalue weighted by Gasteiger charge is 2.08. The van der Waals surface area contributed by atoms with E-state index in [0.717, 1.165) is 18.7 Å². The molecule has 3 unspecified atom stereocenters. The second-order valence-electron chi connectivity index (χ2n) is 4.55. The van der Waals surface area contributed by atoms with Crippen molar-refractivity contribution in [3.8, 4) is 5.75 Å². The Hall–Kier alpha value is -0.870. The molecule has 0 saturated heterocycles. The van der Waals surface area contributed by atoms with Gasteiger partial charge in [-0.05, 0) is 37.6 Å². The number of hydrogen-bond donors (Lipinski definition) is 1. The zero-order valence-electron chi connectivity index (χ0n) is 11.6. The molecule has 0 aromatic heterocycles. The summed E-state index contributed by atoms with van der Waals surface area (Å²) in [5.41, 5.74) is 1.21. The molecule has 3 atom stereocenters. The predicted octanol–water partition coefficient (Wildman–Crippen LogP) is 2.50. The Morgan fingerprint density at radius 3 is 2.72 bits per heavy atom. The van der Waals surface area contributed by atoms with Gasteiger partial charge in [0.2, 0.25) is 0 Å². The molecule has 0 aliphatic carbocycles. The van der Waals surface area contributed by atoms with Gasteiger partial charge in [-0.25, -0.2) is 0 Å². The lowest BCUT2D eigenvalue weighted by Gasteiger charge is -2.16. The van der Waals surface area contributed by atoms with Gasteiger partial charge in [-0.3, -0.25) is 4.21 Å². The highest BCUT2D eigenvalue weighted by atomic mass is 32.2. The average Bonchev–Trinajstić information content (AvgIpc) is 2.38. The van der Waals surface area contributed by atoms with Crippen molar-refractivity contribution in [3.05, 3.63) is 29.8 Å². The lowest BCUT2D eigenvalue weighted by molar-refractivity contribution is 0.413. The molecule has 1 N–H and O–H groups in total. The Kier molecular flexibility index (Phi) is 6.36. The number of ether oxygens (including phenoxy) is 1. The van der Waals surface area contributed by atoms with Crippen molar-refractivity contribution >= 4 is 10.8 Å². The van der Waals surface area contributed by atoms with E-state index in [4.69, 9.17) is 4.74 Å². The van der Waals surface area contributed by atoms with Crippen molar-refractivity contribution in [1.29, 1.82) is 0 Å². The molecule has 1 aromatic carbocycles. The van der Waals surface area contributed by atoms with Crippen molar-refractivity contribution in [2.45, 2.75) is 31.6 Å². The van der Waals surface area contributed by atoms with Crippen LogP contribution in [0, 0.1) is 0 Å². The molecule has 4 heteroatoms. The van der Waals surface area contributed by atoms with Gasteiger partial charge in [0.15, 0.2) is 0 Å². The van der Waals surface area contributed by atoms with Gasteiger partial charge in [0.05, 0.1) is 7.11 Å². The van der Waals surface area contributed by atoms with Crippen molar-refractivity contribution in [2.24, 2.45) is 0 Å². The maximum atomic E-state index is 11.2. The first-order chi connectivity index (χ1) is 8.54. The Balaban J connectivity index is 2.44. The molecule has 0 heterocycles. The summed E-state index contributed by atoms with van der Waals surface area (Å²) in [5, 5.41) is 3.69. The minimum atomic E-state index is -0.735. The SMILES string of the molecule is COc1cccc(C(C)NCCC(C)S(C)=O)c1. The molecule has 1 rings (SSSR count). The van der Waals surface area contributed by atoms with Crippen molar-refractivity contribution < 1.29 is 8.95 Å². The van der Waals surface area contributed by atoms with Crippen molar-refractivity contribution in [1.82, 2.24) is 5.32 Å². The van der Waals surface area contributed by atoms with Gasteiger partial charge in [0.1, 0.15) is 5.75 Å². The largest absolute Gasteiger partial charge is 0.497 e. The molecule has 0 aliphatic heterocycles. The number of methoxy groups -OCH3 is 1. The van der Waals surface area contributed by atoms with Crippen LogP contribution in [0.5, 0.6) is 5.75 Å². The van der Waals surface area contributed by atoms with Crippen LogP contribution in [0.3, 0.4) is 0 Å². The van der Waals surface area contributed by atoms with Crippen LogP contribution in [0.2, 0.25) is 0 Å². The first-order valence-corrected chi connectivity index (χ1v) is 7.86. The third kappa shape index (κ3) is 4.78. The molecule has 0 radical (unpaired) electrons. The van der Waals surface area contributed by atoms with Crippen LogP contribution in [0.1, 0.15) is 31.9 Å². The summed E-state index contributed by atoms with van der Waals surface area (Å²) in [5.74, 6) is 0.879. The molecule has 0 saturated carbocycles. The van der Waals surface area contributed by atoms with Crippen molar-refractivity contribution in [3.63, 3.8) is 0 Å². The van der Waals surface area contributed by atoms with E-state index in [1.807, 2.05) is 25.1 Å². The van der Waals surface area contributed by atoms with E-state index in [1.54, 1.807) is 13.4 Å². The van der Waals surface area contributed by atoms with Crippen LogP contribution >= 0.6 is 0 Å². The van der Waals surface area contributed by atoms with E-state index in [-0.39, 0.29) is 11.3 Å². The zero-order valence-corrected chi connectivity index (χ0v) is 12.4. The summed E-state index contributed by atoms with van der Waals surface area (Å²) < 4.78 is 16.5. The summed E-state index contributed by atoms with van der Waals surface area (Å²) in [6.07, 6.45) is 2.69.